The number of nitrogens with zero attached hydrogens (tertiary/aromatic N) is 1. The predicted octanol–water partition coefficient (Wildman–Crippen LogP) is 3.99. The smallest absolute Gasteiger partial charge is 0.123 e. The van der Waals surface area contributed by atoms with Gasteiger partial charge in [-0.2, -0.15) is 0 Å². The van der Waals surface area contributed by atoms with E-state index in [1.807, 2.05) is 0 Å². The van der Waals surface area contributed by atoms with Crippen LogP contribution in [0.25, 0.3) is 0 Å². The normalized spacial score (nSPS) is 19.8. The summed E-state index contributed by atoms with van der Waals surface area (Å²) in [5.74, 6) is 1.78. The minimum absolute atomic E-state index is 0.698. The third-order valence-electron chi connectivity index (χ3n) is 3.98. The van der Waals surface area contributed by atoms with Gasteiger partial charge >= 0.3 is 0 Å². The zero-order valence-electron chi connectivity index (χ0n) is 12.0. The molecule has 1 saturated heterocycles. The first-order valence-electron chi connectivity index (χ1n) is 7.18. The van der Waals surface area contributed by atoms with Gasteiger partial charge in [0, 0.05) is 24.0 Å². The first-order valence-corrected chi connectivity index (χ1v) is 7.71. The zero-order valence-corrected chi connectivity index (χ0v) is 12.7. The molecular weight excluding hydrogens is 258 g/mol. The fraction of sp³-hybridized carbons (Fsp3) is 0.625. The second-order valence-corrected chi connectivity index (χ2v) is 5.79. The Labute approximate surface area is 121 Å². The first kappa shape index (κ1) is 14.7. The lowest BCUT2D eigenvalue weighted by Gasteiger charge is -2.25. The van der Waals surface area contributed by atoms with Crippen LogP contribution in [0.4, 0.5) is 0 Å². The largest absolute Gasteiger partial charge is 0.496 e. The van der Waals surface area contributed by atoms with Crippen molar-refractivity contribution in [3.05, 3.63) is 29.3 Å². The van der Waals surface area contributed by atoms with Gasteiger partial charge in [-0.25, -0.2) is 0 Å². The van der Waals surface area contributed by atoms with Gasteiger partial charge in [0.05, 0.1) is 7.11 Å². The maximum absolute atomic E-state index is 5.82. The molecular formula is C16H24ClNO. The van der Waals surface area contributed by atoms with Gasteiger partial charge in [0.1, 0.15) is 5.75 Å². The minimum atomic E-state index is 0.698. The van der Waals surface area contributed by atoms with Crippen molar-refractivity contribution in [1.82, 2.24) is 4.90 Å². The topological polar surface area (TPSA) is 12.5 Å². The summed E-state index contributed by atoms with van der Waals surface area (Å²) < 4.78 is 5.48. The molecule has 0 saturated carbocycles. The second kappa shape index (κ2) is 7.16. The summed E-state index contributed by atoms with van der Waals surface area (Å²) >= 11 is 5.82. The Morgan fingerprint density at radius 3 is 3.00 bits per heavy atom. The highest BCUT2D eigenvalue weighted by Gasteiger charge is 2.24. The molecule has 1 aromatic rings. The van der Waals surface area contributed by atoms with Crippen molar-refractivity contribution in [2.75, 3.05) is 19.5 Å². The predicted molar refractivity (Wildman–Crippen MR) is 81.1 cm³/mol. The summed E-state index contributed by atoms with van der Waals surface area (Å²) in [4.78, 5) is 2.59. The summed E-state index contributed by atoms with van der Waals surface area (Å²) in [5.41, 5.74) is 2.60. The van der Waals surface area contributed by atoms with Crippen LogP contribution >= 0.6 is 11.6 Å². The van der Waals surface area contributed by atoms with E-state index in [9.17, 15) is 0 Å². The number of likely N-dealkylation sites (tertiary alicyclic amines) is 1. The lowest BCUT2D eigenvalue weighted by Crippen LogP contribution is -2.29. The number of halogens is 1. The number of alkyl halides is 1. The summed E-state index contributed by atoms with van der Waals surface area (Å²) in [5, 5.41) is 0. The Hall–Kier alpha value is -0.730. The van der Waals surface area contributed by atoms with E-state index >= 15 is 0 Å². The molecule has 0 radical (unpaired) electrons. The molecule has 2 rings (SSSR count). The van der Waals surface area contributed by atoms with Crippen LogP contribution in [0.5, 0.6) is 5.75 Å². The Balaban J connectivity index is 2.05. The molecule has 0 spiro atoms. The van der Waals surface area contributed by atoms with Crippen LogP contribution in [0.1, 0.15) is 36.8 Å². The average molecular weight is 282 g/mol. The van der Waals surface area contributed by atoms with Crippen molar-refractivity contribution < 1.29 is 4.74 Å². The van der Waals surface area contributed by atoms with Gasteiger partial charge in [-0.15, -0.1) is 11.6 Å². The van der Waals surface area contributed by atoms with Crippen molar-refractivity contribution in [3.8, 4) is 5.75 Å². The standard InChI is InChI=1S/C16H24ClNO/c1-13-7-8-16(19-2)14(11-13)12-18-10-4-6-15(18)5-3-9-17/h7-8,11,15H,3-6,9-10,12H2,1-2H3. The van der Waals surface area contributed by atoms with Crippen molar-refractivity contribution in [1.29, 1.82) is 0 Å². The number of benzene rings is 1. The van der Waals surface area contributed by atoms with Gasteiger partial charge in [0.25, 0.3) is 0 Å². The van der Waals surface area contributed by atoms with E-state index in [0.29, 0.717) is 6.04 Å². The van der Waals surface area contributed by atoms with Gasteiger partial charge in [0.15, 0.2) is 0 Å². The molecule has 1 aliphatic heterocycles. The molecule has 1 aromatic carbocycles. The van der Waals surface area contributed by atoms with Gasteiger partial charge in [-0.1, -0.05) is 17.7 Å². The second-order valence-electron chi connectivity index (χ2n) is 5.41. The van der Waals surface area contributed by atoms with Crippen LogP contribution in [0.15, 0.2) is 18.2 Å². The molecule has 2 nitrogen and oxygen atoms in total. The Kier molecular flexibility index (Phi) is 5.53. The third-order valence-corrected chi connectivity index (χ3v) is 4.25. The van der Waals surface area contributed by atoms with Crippen molar-refractivity contribution >= 4 is 11.6 Å². The van der Waals surface area contributed by atoms with Gasteiger partial charge in [0.2, 0.25) is 0 Å². The zero-order chi connectivity index (χ0) is 13.7. The van der Waals surface area contributed by atoms with E-state index in [0.717, 1.165) is 24.6 Å². The van der Waals surface area contributed by atoms with Crippen LogP contribution < -0.4 is 4.74 Å². The van der Waals surface area contributed by atoms with Crippen molar-refractivity contribution in [2.45, 2.75) is 45.2 Å². The molecule has 106 valence electrons. The summed E-state index contributed by atoms with van der Waals surface area (Å²) in [6, 6.07) is 7.13. The van der Waals surface area contributed by atoms with Gasteiger partial charge < -0.3 is 4.74 Å². The molecule has 1 atom stereocenters. The van der Waals surface area contributed by atoms with Crippen LogP contribution in [0.2, 0.25) is 0 Å². The molecule has 3 heteroatoms. The molecule has 1 unspecified atom stereocenters. The number of hydrogen-bond acceptors (Lipinski definition) is 2. The highest BCUT2D eigenvalue weighted by Crippen LogP contribution is 2.27. The third kappa shape index (κ3) is 3.87. The summed E-state index contributed by atoms with van der Waals surface area (Å²) in [7, 11) is 1.75. The van der Waals surface area contributed by atoms with Crippen LogP contribution in [0.3, 0.4) is 0 Å². The van der Waals surface area contributed by atoms with E-state index in [4.69, 9.17) is 16.3 Å². The number of ether oxygens (including phenoxy) is 1. The summed E-state index contributed by atoms with van der Waals surface area (Å²) in [6.45, 7) is 4.33. The first-order chi connectivity index (χ1) is 9.24. The van der Waals surface area contributed by atoms with Crippen LogP contribution in [0, 0.1) is 6.92 Å². The Morgan fingerprint density at radius 2 is 2.26 bits per heavy atom. The highest BCUT2D eigenvalue weighted by molar-refractivity contribution is 6.17. The van der Waals surface area contributed by atoms with Gasteiger partial charge in [-0.3, -0.25) is 4.90 Å². The molecule has 1 fully saturated rings. The monoisotopic (exact) mass is 281 g/mol. The van der Waals surface area contributed by atoms with Gasteiger partial charge in [-0.05, 0) is 45.2 Å². The molecule has 0 amide bonds. The molecule has 1 aliphatic rings. The molecule has 0 N–H and O–H groups in total. The van der Waals surface area contributed by atoms with E-state index in [1.54, 1.807) is 7.11 Å². The Bertz CT molecular complexity index is 408. The van der Waals surface area contributed by atoms with E-state index in [1.165, 1.54) is 36.9 Å². The molecule has 0 aliphatic carbocycles. The lowest BCUT2D eigenvalue weighted by molar-refractivity contribution is 0.230. The summed E-state index contributed by atoms with van der Waals surface area (Å²) in [6.07, 6.45) is 4.96. The van der Waals surface area contributed by atoms with Crippen molar-refractivity contribution in [2.24, 2.45) is 0 Å². The highest BCUT2D eigenvalue weighted by atomic mass is 35.5. The maximum Gasteiger partial charge on any atom is 0.123 e. The molecule has 1 heterocycles. The average Bonchev–Trinajstić information content (AvgIpc) is 2.84. The SMILES string of the molecule is COc1ccc(C)cc1CN1CCCC1CCCCl. The Morgan fingerprint density at radius 1 is 1.42 bits per heavy atom. The fourth-order valence-electron chi connectivity index (χ4n) is 2.99. The van der Waals surface area contributed by atoms with E-state index < -0.39 is 0 Å². The number of aryl methyl sites for hydroxylation is 1. The maximum atomic E-state index is 5.82. The fourth-order valence-corrected chi connectivity index (χ4v) is 3.15. The molecule has 0 bridgehead atoms. The number of hydrogen-bond donors (Lipinski definition) is 0. The van der Waals surface area contributed by atoms with E-state index in [2.05, 4.69) is 30.0 Å². The number of methoxy groups -OCH3 is 1. The van der Waals surface area contributed by atoms with E-state index in [-0.39, 0.29) is 0 Å². The van der Waals surface area contributed by atoms with Crippen LogP contribution in [-0.2, 0) is 6.54 Å². The molecule has 0 aromatic heterocycles. The number of rotatable bonds is 6. The lowest BCUT2D eigenvalue weighted by atomic mass is 10.1. The minimum Gasteiger partial charge on any atom is -0.496 e. The quantitative estimate of drug-likeness (QED) is 0.731. The van der Waals surface area contributed by atoms with Crippen LogP contribution in [-0.4, -0.2) is 30.5 Å². The van der Waals surface area contributed by atoms with Crippen molar-refractivity contribution in [3.63, 3.8) is 0 Å². The molecule has 19 heavy (non-hydrogen) atoms.